The molecule has 29 heavy (non-hydrogen) atoms. The molecule has 0 saturated carbocycles. The number of fused-ring (bicyclic) bond motifs is 2. The molecule has 1 heterocycles. The molecule has 3 nitrogen and oxygen atoms in total. The van der Waals surface area contributed by atoms with Crippen molar-refractivity contribution in [3.8, 4) is 0 Å². The summed E-state index contributed by atoms with van der Waals surface area (Å²) in [5.74, 6) is 0. The van der Waals surface area contributed by atoms with Crippen LogP contribution in [0.4, 0.5) is 0 Å². The van der Waals surface area contributed by atoms with Gasteiger partial charge in [-0.15, -0.1) is 0 Å². The Hall–Kier alpha value is -1.54. The lowest BCUT2D eigenvalue weighted by molar-refractivity contribution is 0.234. The summed E-state index contributed by atoms with van der Waals surface area (Å²) in [6, 6.07) is 27.2. The Morgan fingerprint density at radius 3 is 1.79 bits per heavy atom. The van der Waals surface area contributed by atoms with E-state index >= 15 is 0 Å². The van der Waals surface area contributed by atoms with Crippen molar-refractivity contribution >= 4 is 47.7 Å². The standard InChI is InChI=1S/C23H24O3P2S/c1-3-25-28(24,26-4-2)18-27(19-12-6-5-7-13-19)20-14-8-10-16-22(20)29-23-17-11-9-15-21(23)27/h5-18H,3-4H2,1-2H3. The highest BCUT2D eigenvalue weighted by molar-refractivity contribution is 8.08. The molecule has 1 aliphatic rings. The quantitative estimate of drug-likeness (QED) is 0.371. The van der Waals surface area contributed by atoms with Crippen molar-refractivity contribution < 1.29 is 13.6 Å². The van der Waals surface area contributed by atoms with E-state index in [1.165, 1.54) is 20.4 Å². The summed E-state index contributed by atoms with van der Waals surface area (Å²) in [5, 5.41) is 3.56. The van der Waals surface area contributed by atoms with Gasteiger partial charge in [-0.2, -0.15) is 0 Å². The van der Waals surface area contributed by atoms with Crippen LogP contribution < -0.4 is 15.9 Å². The van der Waals surface area contributed by atoms with Crippen LogP contribution in [0.5, 0.6) is 0 Å². The fourth-order valence-corrected chi connectivity index (χ4v) is 13.2. The lowest BCUT2D eigenvalue weighted by Gasteiger charge is -2.36. The van der Waals surface area contributed by atoms with E-state index in [1.54, 1.807) is 11.8 Å². The smallest absolute Gasteiger partial charge is 0.306 e. The number of hydrogen-bond acceptors (Lipinski definition) is 4. The molecule has 0 aromatic heterocycles. The zero-order valence-corrected chi connectivity index (χ0v) is 19.1. The molecule has 3 aromatic carbocycles. The van der Waals surface area contributed by atoms with E-state index in [-0.39, 0.29) is 0 Å². The second-order valence-corrected chi connectivity index (χ2v) is 13.1. The Morgan fingerprint density at radius 1 is 0.793 bits per heavy atom. The van der Waals surface area contributed by atoms with E-state index in [0.717, 1.165) is 5.30 Å². The summed E-state index contributed by atoms with van der Waals surface area (Å²) in [6.07, 6.45) is 0. The summed E-state index contributed by atoms with van der Waals surface area (Å²) in [4.78, 5) is 2.39. The summed E-state index contributed by atoms with van der Waals surface area (Å²) in [5.41, 5.74) is 1.93. The van der Waals surface area contributed by atoms with E-state index in [4.69, 9.17) is 9.05 Å². The predicted molar refractivity (Wildman–Crippen MR) is 126 cm³/mol. The third kappa shape index (κ3) is 3.81. The molecule has 0 atom stereocenters. The molecule has 0 aliphatic carbocycles. The van der Waals surface area contributed by atoms with Gasteiger partial charge in [0.15, 0.2) is 0 Å². The summed E-state index contributed by atoms with van der Waals surface area (Å²) < 4.78 is 25.3. The van der Waals surface area contributed by atoms with Crippen LogP contribution in [0.2, 0.25) is 0 Å². The predicted octanol–water partition coefficient (Wildman–Crippen LogP) is 5.47. The molecule has 0 radical (unpaired) electrons. The Morgan fingerprint density at radius 2 is 1.28 bits per heavy atom. The first-order valence-electron chi connectivity index (χ1n) is 9.70. The molecule has 150 valence electrons. The number of hydrogen-bond donors (Lipinski definition) is 0. The van der Waals surface area contributed by atoms with Crippen LogP contribution in [-0.2, 0) is 13.6 Å². The molecule has 4 rings (SSSR count). The molecule has 1 aliphatic heterocycles. The highest BCUT2D eigenvalue weighted by atomic mass is 32.2. The molecule has 0 saturated heterocycles. The van der Waals surface area contributed by atoms with Gasteiger partial charge in [0.2, 0.25) is 0 Å². The van der Waals surface area contributed by atoms with Crippen LogP contribution >= 0.6 is 26.2 Å². The van der Waals surface area contributed by atoms with Gasteiger partial charge in [-0.3, -0.25) is 4.57 Å². The molecule has 0 spiro atoms. The van der Waals surface area contributed by atoms with Gasteiger partial charge >= 0.3 is 7.60 Å². The van der Waals surface area contributed by atoms with Crippen molar-refractivity contribution in [2.24, 2.45) is 0 Å². The van der Waals surface area contributed by atoms with Crippen LogP contribution in [0.1, 0.15) is 13.8 Å². The third-order valence-electron chi connectivity index (χ3n) is 4.81. The minimum absolute atomic E-state index is 0.334. The first-order chi connectivity index (χ1) is 14.1. The van der Waals surface area contributed by atoms with Gasteiger partial charge in [-0.1, -0.05) is 78.5 Å². The van der Waals surface area contributed by atoms with E-state index in [0.29, 0.717) is 13.2 Å². The lowest BCUT2D eigenvalue weighted by atomic mass is 10.3. The topological polar surface area (TPSA) is 35.5 Å². The zero-order valence-electron chi connectivity index (χ0n) is 16.5. The maximum atomic E-state index is 13.8. The molecule has 6 heteroatoms. The largest absolute Gasteiger partial charge is 0.355 e. The van der Waals surface area contributed by atoms with E-state index in [9.17, 15) is 4.57 Å². The Balaban J connectivity index is 2.16. The molecule has 0 N–H and O–H groups in total. The van der Waals surface area contributed by atoms with Crippen molar-refractivity contribution in [3.63, 3.8) is 0 Å². The van der Waals surface area contributed by atoms with Gasteiger partial charge in [-0.25, -0.2) is 0 Å². The number of rotatable bonds is 6. The minimum atomic E-state index is -3.41. The molecule has 3 aromatic rings. The molecule has 0 bridgehead atoms. The van der Waals surface area contributed by atoms with Gasteiger partial charge in [0, 0.05) is 15.3 Å². The fourth-order valence-electron chi connectivity index (χ4n) is 3.73. The average Bonchev–Trinajstić information content (AvgIpc) is 2.74. The zero-order chi connectivity index (χ0) is 20.3. The summed E-state index contributed by atoms with van der Waals surface area (Å²) in [7, 11) is -3.41. The van der Waals surface area contributed by atoms with E-state index in [1.807, 2.05) is 37.6 Å². The van der Waals surface area contributed by atoms with Crippen molar-refractivity contribution in [1.29, 1.82) is 0 Å². The van der Waals surface area contributed by atoms with Crippen LogP contribution in [0.25, 0.3) is 0 Å². The van der Waals surface area contributed by atoms with Crippen molar-refractivity contribution in [2.75, 3.05) is 13.2 Å². The Bertz CT molecular complexity index is 1050. The van der Waals surface area contributed by atoms with Gasteiger partial charge in [0.1, 0.15) is 0 Å². The number of benzene rings is 3. The highest BCUT2D eigenvalue weighted by Crippen LogP contribution is 2.60. The van der Waals surface area contributed by atoms with Gasteiger partial charge in [0.05, 0.1) is 13.2 Å². The Labute approximate surface area is 177 Å². The lowest BCUT2D eigenvalue weighted by Crippen LogP contribution is -2.32. The maximum Gasteiger partial charge on any atom is 0.355 e. The fraction of sp³-hybridized carbons (Fsp3) is 0.174. The average molecular weight is 442 g/mol. The van der Waals surface area contributed by atoms with Crippen LogP contribution in [0, 0.1) is 0 Å². The van der Waals surface area contributed by atoms with Crippen LogP contribution in [0.15, 0.2) is 88.7 Å². The normalized spacial score (nSPS) is 14.7. The monoisotopic (exact) mass is 442 g/mol. The summed E-state index contributed by atoms with van der Waals surface area (Å²) >= 11 is 1.77. The van der Waals surface area contributed by atoms with Crippen LogP contribution in [0.3, 0.4) is 0 Å². The van der Waals surface area contributed by atoms with Crippen molar-refractivity contribution in [3.05, 3.63) is 78.9 Å². The second-order valence-electron chi connectivity index (χ2n) is 6.59. The van der Waals surface area contributed by atoms with Gasteiger partial charge < -0.3 is 9.05 Å². The molecular weight excluding hydrogens is 418 g/mol. The van der Waals surface area contributed by atoms with Gasteiger partial charge in [-0.05, 0) is 48.8 Å². The molecule has 0 fully saturated rings. The van der Waals surface area contributed by atoms with Gasteiger partial charge in [0.25, 0.3) is 0 Å². The second kappa shape index (κ2) is 8.68. The van der Waals surface area contributed by atoms with Crippen LogP contribution in [-0.4, -0.2) is 18.8 Å². The van der Waals surface area contributed by atoms with E-state index < -0.39 is 14.5 Å². The first kappa shape index (κ1) is 20.7. The summed E-state index contributed by atoms with van der Waals surface area (Å²) in [6.45, 7) is 2.01. The minimum Gasteiger partial charge on any atom is -0.306 e. The molecule has 0 unspecified atom stereocenters. The third-order valence-corrected chi connectivity index (χ3v) is 13.4. The van der Waals surface area contributed by atoms with Crippen molar-refractivity contribution in [1.82, 2.24) is 0 Å². The SMILES string of the molecule is CCOP(=O)(C=P1(c2ccccc2)c2ccccc2Sc2ccccc21)OCC. The first-order valence-corrected chi connectivity index (χ1v) is 14.0. The Kier molecular flexibility index (Phi) is 6.20. The molecule has 0 amide bonds. The highest BCUT2D eigenvalue weighted by Gasteiger charge is 2.37. The maximum absolute atomic E-state index is 13.8. The van der Waals surface area contributed by atoms with E-state index in [2.05, 4.69) is 60.7 Å². The van der Waals surface area contributed by atoms with Crippen molar-refractivity contribution in [2.45, 2.75) is 23.6 Å². The molecular formula is C23H24O3P2S.